The lowest BCUT2D eigenvalue weighted by atomic mass is 10.4. The number of hydrogen-bond acceptors (Lipinski definition) is 5. The first-order chi connectivity index (χ1) is 8.92. The van der Waals surface area contributed by atoms with Gasteiger partial charge in [0.05, 0.1) is 18.5 Å². The Bertz CT molecular complexity index is 658. The van der Waals surface area contributed by atoms with Gasteiger partial charge in [-0.3, -0.25) is 9.40 Å². The van der Waals surface area contributed by atoms with E-state index in [0.29, 0.717) is 11.3 Å². The maximum Gasteiger partial charge on any atom is 0.271 e. The van der Waals surface area contributed by atoms with Crippen molar-refractivity contribution in [2.45, 2.75) is 30.7 Å². The number of aliphatic hydroxyl groups is 1. The summed E-state index contributed by atoms with van der Waals surface area (Å²) in [5, 5.41) is 14.6. The van der Waals surface area contributed by atoms with Gasteiger partial charge in [-0.05, 0) is 30.9 Å². The van der Waals surface area contributed by atoms with Crippen LogP contribution < -0.4 is 4.72 Å². The van der Waals surface area contributed by atoms with Crippen molar-refractivity contribution in [3.63, 3.8) is 0 Å². The summed E-state index contributed by atoms with van der Waals surface area (Å²) in [6.45, 7) is 3.74. The number of thiophene rings is 1. The van der Waals surface area contributed by atoms with Crippen molar-refractivity contribution in [3.05, 3.63) is 29.4 Å². The molecule has 0 aromatic carbocycles. The molecule has 2 rings (SSSR count). The average Bonchev–Trinajstić information content (AvgIpc) is 2.96. The molecular formula is C11H15N3O3S2. The Kier molecular flexibility index (Phi) is 3.93. The first kappa shape index (κ1) is 14.0. The van der Waals surface area contributed by atoms with Crippen LogP contribution >= 0.6 is 11.3 Å². The van der Waals surface area contributed by atoms with Gasteiger partial charge >= 0.3 is 0 Å². The fourth-order valence-electron chi connectivity index (χ4n) is 1.46. The van der Waals surface area contributed by atoms with Crippen molar-refractivity contribution >= 4 is 27.0 Å². The second kappa shape index (κ2) is 5.32. The highest BCUT2D eigenvalue weighted by Gasteiger charge is 2.17. The molecule has 0 saturated carbocycles. The summed E-state index contributed by atoms with van der Waals surface area (Å²) < 4.78 is 28.5. The number of rotatable bonds is 5. The van der Waals surface area contributed by atoms with Crippen molar-refractivity contribution in [3.8, 4) is 0 Å². The van der Waals surface area contributed by atoms with Gasteiger partial charge in [0.25, 0.3) is 10.0 Å². The molecule has 104 valence electrons. The number of aromatic nitrogens is 2. The Morgan fingerprint density at radius 2 is 2.26 bits per heavy atom. The van der Waals surface area contributed by atoms with Crippen LogP contribution in [0.3, 0.4) is 0 Å². The SMILES string of the molecule is CC(C)n1cc(NS(=O)(=O)c2cc(CO)cs2)cn1. The standard InChI is InChI=1S/C11H15N3O3S2/c1-8(2)14-5-10(4-12-14)13-19(16,17)11-3-9(6-15)7-18-11/h3-5,7-8,13,15H,6H2,1-2H3. The molecule has 0 amide bonds. The van der Waals surface area contributed by atoms with Gasteiger partial charge in [0.1, 0.15) is 4.21 Å². The maximum absolute atomic E-state index is 12.1. The van der Waals surface area contributed by atoms with E-state index in [1.54, 1.807) is 16.3 Å². The molecule has 2 aromatic rings. The number of nitrogens with one attached hydrogen (secondary N) is 1. The van der Waals surface area contributed by atoms with Crippen LogP contribution in [0.15, 0.2) is 28.0 Å². The molecule has 0 radical (unpaired) electrons. The zero-order valence-corrected chi connectivity index (χ0v) is 12.2. The van der Waals surface area contributed by atoms with E-state index in [9.17, 15) is 8.42 Å². The summed E-state index contributed by atoms with van der Waals surface area (Å²) in [6.07, 6.45) is 3.11. The molecule has 0 fully saturated rings. The van der Waals surface area contributed by atoms with E-state index in [1.807, 2.05) is 13.8 Å². The lowest BCUT2D eigenvalue weighted by molar-refractivity contribution is 0.282. The van der Waals surface area contributed by atoms with Crippen LogP contribution in [0.4, 0.5) is 5.69 Å². The van der Waals surface area contributed by atoms with Gasteiger partial charge in [-0.15, -0.1) is 11.3 Å². The molecule has 0 bridgehead atoms. The zero-order chi connectivity index (χ0) is 14.0. The van der Waals surface area contributed by atoms with Crippen molar-refractivity contribution in [2.24, 2.45) is 0 Å². The summed E-state index contributed by atoms with van der Waals surface area (Å²) in [4.78, 5) is 0. The quantitative estimate of drug-likeness (QED) is 0.882. The van der Waals surface area contributed by atoms with E-state index >= 15 is 0 Å². The monoisotopic (exact) mass is 301 g/mol. The fraction of sp³-hybridized carbons (Fsp3) is 0.364. The summed E-state index contributed by atoms with van der Waals surface area (Å²) in [7, 11) is -3.61. The van der Waals surface area contributed by atoms with E-state index in [2.05, 4.69) is 9.82 Å². The minimum atomic E-state index is -3.61. The Morgan fingerprint density at radius 3 is 2.79 bits per heavy atom. The number of anilines is 1. The van der Waals surface area contributed by atoms with E-state index in [-0.39, 0.29) is 16.9 Å². The molecule has 6 nitrogen and oxygen atoms in total. The molecule has 0 aliphatic carbocycles. The van der Waals surface area contributed by atoms with Crippen LogP contribution in [0.5, 0.6) is 0 Å². The van der Waals surface area contributed by atoms with Crippen LogP contribution in [0.25, 0.3) is 0 Å². The van der Waals surface area contributed by atoms with E-state index in [1.165, 1.54) is 12.3 Å². The molecule has 19 heavy (non-hydrogen) atoms. The van der Waals surface area contributed by atoms with Gasteiger partial charge in [-0.2, -0.15) is 5.10 Å². The lowest BCUT2D eigenvalue weighted by Crippen LogP contribution is -2.11. The van der Waals surface area contributed by atoms with Crippen molar-refractivity contribution in [1.82, 2.24) is 9.78 Å². The molecule has 0 aliphatic rings. The fourth-order valence-corrected chi connectivity index (χ4v) is 3.68. The van der Waals surface area contributed by atoms with Crippen molar-refractivity contribution in [1.29, 1.82) is 0 Å². The Labute approximate surface area is 115 Å². The Morgan fingerprint density at radius 1 is 1.53 bits per heavy atom. The predicted molar refractivity (Wildman–Crippen MR) is 73.7 cm³/mol. The third kappa shape index (κ3) is 3.14. The minimum absolute atomic E-state index is 0.168. The smallest absolute Gasteiger partial charge is 0.271 e. The van der Waals surface area contributed by atoms with Gasteiger partial charge in [0, 0.05) is 12.2 Å². The van der Waals surface area contributed by atoms with Crippen LogP contribution in [0.1, 0.15) is 25.5 Å². The largest absolute Gasteiger partial charge is 0.392 e. The molecule has 0 spiro atoms. The molecule has 8 heteroatoms. The number of aliphatic hydroxyl groups excluding tert-OH is 1. The second-order valence-corrected chi connectivity index (χ2v) is 7.16. The van der Waals surface area contributed by atoms with Crippen molar-refractivity contribution in [2.75, 3.05) is 4.72 Å². The first-order valence-electron chi connectivity index (χ1n) is 5.67. The third-order valence-electron chi connectivity index (χ3n) is 2.46. The number of nitrogens with zero attached hydrogens (tertiary/aromatic N) is 2. The molecule has 0 atom stereocenters. The number of sulfonamides is 1. The van der Waals surface area contributed by atoms with Crippen LogP contribution in [-0.2, 0) is 16.6 Å². The minimum Gasteiger partial charge on any atom is -0.392 e. The van der Waals surface area contributed by atoms with Crippen molar-refractivity contribution < 1.29 is 13.5 Å². The third-order valence-corrected chi connectivity index (χ3v) is 5.33. The average molecular weight is 301 g/mol. The summed E-state index contributed by atoms with van der Waals surface area (Å²) >= 11 is 1.08. The Hall–Kier alpha value is -1.38. The highest BCUT2D eigenvalue weighted by Crippen LogP contribution is 2.23. The van der Waals surface area contributed by atoms with E-state index < -0.39 is 10.0 Å². The van der Waals surface area contributed by atoms with Gasteiger partial charge < -0.3 is 5.11 Å². The van der Waals surface area contributed by atoms with Gasteiger partial charge in [0.2, 0.25) is 0 Å². The highest BCUT2D eigenvalue weighted by atomic mass is 32.2. The molecule has 0 aliphatic heterocycles. The van der Waals surface area contributed by atoms with Crippen LogP contribution in [0, 0.1) is 0 Å². The van der Waals surface area contributed by atoms with Crippen LogP contribution in [0.2, 0.25) is 0 Å². The summed E-state index contributed by atoms with van der Waals surface area (Å²) in [5.74, 6) is 0. The molecule has 0 unspecified atom stereocenters. The molecule has 2 aromatic heterocycles. The first-order valence-corrected chi connectivity index (χ1v) is 8.04. The second-order valence-electron chi connectivity index (χ2n) is 4.34. The zero-order valence-electron chi connectivity index (χ0n) is 10.6. The van der Waals surface area contributed by atoms with Gasteiger partial charge in [0.15, 0.2) is 0 Å². The Balaban J connectivity index is 2.20. The molecule has 2 heterocycles. The maximum atomic E-state index is 12.1. The highest BCUT2D eigenvalue weighted by molar-refractivity contribution is 7.94. The van der Waals surface area contributed by atoms with E-state index in [4.69, 9.17) is 5.11 Å². The molecule has 2 N–H and O–H groups in total. The topological polar surface area (TPSA) is 84.2 Å². The lowest BCUT2D eigenvalue weighted by Gasteiger charge is -2.04. The molecular weight excluding hydrogens is 286 g/mol. The van der Waals surface area contributed by atoms with Crippen LogP contribution in [-0.4, -0.2) is 23.3 Å². The van der Waals surface area contributed by atoms with Gasteiger partial charge in [-0.1, -0.05) is 0 Å². The van der Waals surface area contributed by atoms with E-state index in [0.717, 1.165) is 11.3 Å². The molecule has 0 saturated heterocycles. The normalized spacial score (nSPS) is 12.0. The number of hydrogen-bond donors (Lipinski definition) is 2. The summed E-state index contributed by atoms with van der Waals surface area (Å²) in [5.41, 5.74) is 1.01. The predicted octanol–water partition coefficient (Wildman–Crippen LogP) is 1.82. The summed E-state index contributed by atoms with van der Waals surface area (Å²) in [6, 6.07) is 1.63. The van der Waals surface area contributed by atoms with Gasteiger partial charge in [-0.25, -0.2) is 8.42 Å².